The molecule has 0 rings (SSSR count). The molecule has 10 nitrogen and oxygen atoms in total. The van der Waals surface area contributed by atoms with Gasteiger partial charge in [-0.25, -0.2) is 0 Å². The number of hydrogen-bond acceptors (Lipinski definition) is 9. The summed E-state index contributed by atoms with van der Waals surface area (Å²) in [6, 6.07) is 4.13. The quantitative estimate of drug-likeness (QED) is 0.0192. The molecule has 0 heterocycles. The van der Waals surface area contributed by atoms with Gasteiger partial charge in [0.1, 0.15) is 11.8 Å². The van der Waals surface area contributed by atoms with Gasteiger partial charge in [-0.1, -0.05) is 71.6 Å². The highest BCUT2D eigenvalue weighted by Crippen LogP contribution is 2.10. The van der Waals surface area contributed by atoms with E-state index >= 15 is 0 Å². The van der Waals surface area contributed by atoms with Crippen molar-refractivity contribution < 1.29 is 4.79 Å². The van der Waals surface area contributed by atoms with Gasteiger partial charge in [0.15, 0.2) is 0 Å². The third-order valence-corrected chi connectivity index (χ3v) is 8.52. The van der Waals surface area contributed by atoms with Gasteiger partial charge in [0.2, 0.25) is 0 Å². The number of carbonyl (C=O) groups excluding carboxylic acids is 1. The van der Waals surface area contributed by atoms with Gasteiger partial charge in [-0.15, -0.1) is 0 Å². The van der Waals surface area contributed by atoms with E-state index in [0.29, 0.717) is 25.4 Å². The van der Waals surface area contributed by atoms with E-state index in [1.165, 1.54) is 77.4 Å². The molecule has 0 aromatic rings. The Morgan fingerprint density at radius 3 is 1.98 bits per heavy atom. The molecule has 10 heteroatoms. The molecule has 0 aliphatic carbocycles. The van der Waals surface area contributed by atoms with Crippen LogP contribution < -0.4 is 21.7 Å². The Kier molecular flexibility index (Phi) is 32.6. The summed E-state index contributed by atoms with van der Waals surface area (Å²) in [5, 5.41) is 27.6. The monoisotopic (exact) mass is 708 g/mol. The smallest absolute Gasteiger partial charge is 0.268 e. The second-order valence-corrected chi connectivity index (χ2v) is 13.7. The Morgan fingerprint density at radius 1 is 0.843 bits per heavy atom. The van der Waals surface area contributed by atoms with Gasteiger partial charge >= 0.3 is 0 Å². The number of nitrogens with two attached hydrogens (primary N) is 1. The van der Waals surface area contributed by atoms with Crippen LogP contribution in [0.2, 0.25) is 0 Å². The van der Waals surface area contributed by atoms with Crippen molar-refractivity contribution in [3.63, 3.8) is 0 Å². The Labute approximate surface area is 312 Å². The summed E-state index contributed by atoms with van der Waals surface area (Å²) in [6.45, 7) is 20.1. The fourth-order valence-corrected chi connectivity index (χ4v) is 5.59. The van der Waals surface area contributed by atoms with Crippen molar-refractivity contribution in [1.82, 2.24) is 25.8 Å². The van der Waals surface area contributed by atoms with Gasteiger partial charge in [0.25, 0.3) is 5.91 Å². The molecule has 0 radical (unpaired) electrons. The maximum absolute atomic E-state index is 12.7. The van der Waals surface area contributed by atoms with E-state index in [9.17, 15) is 10.1 Å². The molecule has 0 aliphatic heterocycles. The van der Waals surface area contributed by atoms with Gasteiger partial charge in [0.05, 0.1) is 24.6 Å². The fraction of sp³-hybridized carbons (Fsp3) is 0.707. The van der Waals surface area contributed by atoms with Crippen LogP contribution >= 0.6 is 0 Å². The second-order valence-electron chi connectivity index (χ2n) is 13.7. The Balaban J connectivity index is 4.71. The van der Waals surface area contributed by atoms with Gasteiger partial charge < -0.3 is 31.5 Å². The minimum atomic E-state index is -0.385. The first-order chi connectivity index (χ1) is 24.8. The summed E-state index contributed by atoms with van der Waals surface area (Å²) >= 11 is 0. The van der Waals surface area contributed by atoms with Crippen LogP contribution in [0.3, 0.4) is 0 Å². The molecule has 288 valence electrons. The van der Waals surface area contributed by atoms with Crippen molar-refractivity contribution in [1.29, 1.82) is 10.5 Å². The SMILES string of the molecule is C=C(C/N=C\C=C/CC#N)NCCCN(CCCCCCCCCN(CCC)CCCNC)CCCNC(=O)/C(N)=C(C#N)/C=C\CCC(C)C. The maximum Gasteiger partial charge on any atom is 0.268 e. The molecular weight excluding hydrogens is 635 g/mol. The van der Waals surface area contributed by atoms with Crippen LogP contribution in [0.15, 0.2) is 52.8 Å². The van der Waals surface area contributed by atoms with Crippen LogP contribution in [-0.2, 0) is 4.79 Å². The van der Waals surface area contributed by atoms with E-state index in [4.69, 9.17) is 11.0 Å². The largest absolute Gasteiger partial charge is 0.393 e. The molecule has 0 saturated carbocycles. The van der Waals surface area contributed by atoms with Gasteiger partial charge in [0, 0.05) is 25.0 Å². The molecule has 51 heavy (non-hydrogen) atoms. The average Bonchev–Trinajstić information content (AvgIpc) is 3.11. The van der Waals surface area contributed by atoms with Crippen molar-refractivity contribution in [3.8, 4) is 12.1 Å². The predicted molar refractivity (Wildman–Crippen MR) is 216 cm³/mol. The number of carbonyl (C=O) groups is 1. The highest BCUT2D eigenvalue weighted by Gasteiger charge is 2.11. The zero-order valence-electron chi connectivity index (χ0n) is 32.9. The van der Waals surface area contributed by atoms with Crippen LogP contribution in [0.1, 0.15) is 111 Å². The van der Waals surface area contributed by atoms with Crippen LogP contribution in [0.5, 0.6) is 0 Å². The zero-order valence-corrected chi connectivity index (χ0v) is 32.9. The van der Waals surface area contributed by atoms with Crippen molar-refractivity contribution in [2.45, 2.75) is 111 Å². The van der Waals surface area contributed by atoms with Crippen molar-refractivity contribution in [2.75, 3.05) is 72.5 Å². The number of amides is 1. The molecule has 0 aliphatic rings. The number of allylic oxidation sites excluding steroid dienone is 5. The standard InChI is InChI=1S/C41H73N9O/c1-6-29-49(32-19-25-45-5)30-17-10-8-7-9-11-18-31-50(33-20-27-47-38(4)36-46-26-16-12-15-24-42)34-21-28-48-41(51)40(44)39(35-43)23-14-13-22-37(2)3/h12,14,16,23,26,37,45,47H,4,6-11,13,15,17-22,25,27-34,36,44H2,1-3,5H3,(H,48,51)/b16-12-,23-14-,40-39+,46-26-. The van der Waals surface area contributed by atoms with Crippen molar-refractivity contribution >= 4 is 12.1 Å². The third-order valence-electron chi connectivity index (χ3n) is 8.52. The number of aliphatic imine (C=N–C) groups is 1. The first kappa shape index (κ1) is 47.6. The summed E-state index contributed by atoms with van der Waals surface area (Å²) in [6.07, 6.45) is 24.2. The minimum Gasteiger partial charge on any atom is -0.393 e. The van der Waals surface area contributed by atoms with E-state index in [1.54, 1.807) is 24.4 Å². The van der Waals surface area contributed by atoms with E-state index in [1.807, 2.05) is 13.1 Å². The lowest BCUT2D eigenvalue weighted by Crippen LogP contribution is -2.34. The summed E-state index contributed by atoms with van der Waals surface area (Å²) in [5.41, 5.74) is 7.11. The molecule has 0 spiro atoms. The number of nitrogens with one attached hydrogen (secondary N) is 3. The number of unbranched alkanes of at least 4 members (excludes halogenated alkanes) is 6. The number of nitrogens with zero attached hydrogens (tertiary/aromatic N) is 5. The first-order valence-electron chi connectivity index (χ1n) is 19.7. The number of rotatable bonds is 34. The molecule has 0 unspecified atom stereocenters. The van der Waals surface area contributed by atoms with Crippen molar-refractivity contribution in [3.05, 3.63) is 47.9 Å². The summed E-state index contributed by atoms with van der Waals surface area (Å²) < 4.78 is 0. The predicted octanol–water partition coefficient (Wildman–Crippen LogP) is 6.61. The van der Waals surface area contributed by atoms with Gasteiger partial charge in [-0.2, -0.15) is 10.5 Å². The molecule has 0 saturated heterocycles. The van der Waals surface area contributed by atoms with Crippen LogP contribution in [-0.4, -0.2) is 94.4 Å². The maximum atomic E-state index is 12.7. The summed E-state index contributed by atoms with van der Waals surface area (Å²) in [5.74, 6) is 0.194. The van der Waals surface area contributed by atoms with E-state index in [-0.39, 0.29) is 17.2 Å². The van der Waals surface area contributed by atoms with Crippen LogP contribution in [0.4, 0.5) is 0 Å². The van der Waals surface area contributed by atoms with E-state index in [0.717, 1.165) is 64.1 Å². The molecule has 1 amide bonds. The van der Waals surface area contributed by atoms with Crippen molar-refractivity contribution in [2.24, 2.45) is 16.6 Å². The Morgan fingerprint density at radius 2 is 1.41 bits per heavy atom. The topological polar surface area (TPSA) is 146 Å². The molecule has 0 aromatic carbocycles. The second kappa shape index (κ2) is 35.0. The molecule has 5 N–H and O–H groups in total. The molecule has 0 fully saturated rings. The first-order valence-corrected chi connectivity index (χ1v) is 19.7. The molecule has 0 bridgehead atoms. The molecule has 0 aromatic heterocycles. The highest BCUT2D eigenvalue weighted by molar-refractivity contribution is 5.94. The third kappa shape index (κ3) is 29.9. The Hall–Kier alpha value is -3.44. The molecule has 0 atom stereocenters. The number of nitriles is 2. The van der Waals surface area contributed by atoms with Crippen LogP contribution in [0.25, 0.3) is 0 Å². The van der Waals surface area contributed by atoms with E-state index < -0.39 is 0 Å². The lowest BCUT2D eigenvalue weighted by Gasteiger charge is -2.23. The van der Waals surface area contributed by atoms with Gasteiger partial charge in [-0.05, 0) is 122 Å². The summed E-state index contributed by atoms with van der Waals surface area (Å²) in [7, 11) is 2.03. The lowest BCUT2D eigenvalue weighted by molar-refractivity contribution is -0.117. The highest BCUT2D eigenvalue weighted by atomic mass is 16.2. The fourth-order valence-electron chi connectivity index (χ4n) is 5.59. The van der Waals surface area contributed by atoms with Gasteiger partial charge in [-0.3, -0.25) is 9.79 Å². The number of hydrogen-bond donors (Lipinski definition) is 4. The zero-order chi connectivity index (χ0) is 37.8. The van der Waals surface area contributed by atoms with Crippen LogP contribution in [0, 0.1) is 28.6 Å². The normalized spacial score (nSPS) is 12.3. The Bertz CT molecular complexity index is 1100. The minimum absolute atomic E-state index is 0.0215. The average molecular weight is 708 g/mol. The lowest BCUT2D eigenvalue weighted by atomic mass is 10.1. The molecular formula is C41H73N9O. The summed E-state index contributed by atoms with van der Waals surface area (Å²) in [4.78, 5) is 22.1. The van der Waals surface area contributed by atoms with E-state index in [2.05, 4.69) is 70.2 Å².